The lowest BCUT2D eigenvalue weighted by atomic mass is 9.94. The molecule has 0 heterocycles. The molecule has 1 fully saturated rings. The van der Waals surface area contributed by atoms with Crippen LogP contribution >= 0.6 is 0 Å². The Morgan fingerprint density at radius 2 is 1.71 bits per heavy atom. The van der Waals surface area contributed by atoms with Gasteiger partial charge in [-0.1, -0.05) is 49.1 Å². The minimum absolute atomic E-state index is 0.0220. The Morgan fingerprint density at radius 1 is 1.09 bits per heavy atom. The van der Waals surface area contributed by atoms with Gasteiger partial charge in [0.2, 0.25) is 11.8 Å². The van der Waals surface area contributed by atoms with Crippen molar-refractivity contribution in [2.75, 3.05) is 19.8 Å². The van der Waals surface area contributed by atoms with Gasteiger partial charge in [0.15, 0.2) is 0 Å². The van der Waals surface area contributed by atoms with Crippen LogP contribution in [-0.2, 0) is 14.3 Å². The standard InChI is InChI=1S/C25H39N3O6/c1-17-10-12-18(13-11-17)21(22(31)26-19-8-6-5-7-9-19)28(14-15-29)23(32)20(16-30)27-24(33)34-25(2,3)4/h10-13,19-21,29-30H,5-9,14-16H2,1-4H3,(H,26,31)(H,27,33). The molecule has 9 nitrogen and oxygen atoms in total. The van der Waals surface area contributed by atoms with Crippen molar-refractivity contribution in [1.82, 2.24) is 15.5 Å². The number of aliphatic hydroxyl groups is 2. The Morgan fingerprint density at radius 3 is 2.24 bits per heavy atom. The summed E-state index contributed by atoms with van der Waals surface area (Å²) in [6.45, 7) is 5.74. The smallest absolute Gasteiger partial charge is 0.408 e. The maximum atomic E-state index is 13.5. The average molecular weight is 478 g/mol. The second-order valence-corrected chi connectivity index (χ2v) is 9.79. The van der Waals surface area contributed by atoms with E-state index in [1.807, 2.05) is 19.1 Å². The number of rotatable bonds is 9. The summed E-state index contributed by atoms with van der Waals surface area (Å²) in [5.41, 5.74) is 0.784. The van der Waals surface area contributed by atoms with Gasteiger partial charge in [-0.05, 0) is 46.1 Å². The van der Waals surface area contributed by atoms with Crippen LogP contribution in [0.4, 0.5) is 4.79 Å². The lowest BCUT2D eigenvalue weighted by molar-refractivity contribution is -0.144. The topological polar surface area (TPSA) is 128 Å². The molecule has 1 aromatic carbocycles. The number of hydrogen-bond donors (Lipinski definition) is 4. The molecular formula is C25H39N3O6. The van der Waals surface area contributed by atoms with E-state index in [1.165, 1.54) is 4.90 Å². The van der Waals surface area contributed by atoms with E-state index in [-0.39, 0.29) is 18.5 Å². The van der Waals surface area contributed by atoms with Gasteiger partial charge in [-0.2, -0.15) is 0 Å². The van der Waals surface area contributed by atoms with Crippen molar-refractivity contribution >= 4 is 17.9 Å². The summed E-state index contributed by atoms with van der Waals surface area (Å²) in [6.07, 6.45) is 4.09. The predicted octanol–water partition coefficient (Wildman–Crippen LogP) is 2.19. The summed E-state index contributed by atoms with van der Waals surface area (Å²) in [5, 5.41) is 25.0. The van der Waals surface area contributed by atoms with E-state index in [0.717, 1.165) is 37.7 Å². The van der Waals surface area contributed by atoms with Crippen LogP contribution in [0.15, 0.2) is 24.3 Å². The summed E-state index contributed by atoms with van der Waals surface area (Å²) in [5.74, 6) is -1.04. The fourth-order valence-electron chi connectivity index (χ4n) is 4.06. The molecular weight excluding hydrogens is 438 g/mol. The second kappa shape index (κ2) is 12.7. The number of amides is 3. The zero-order chi connectivity index (χ0) is 25.3. The number of alkyl carbamates (subject to hydrolysis) is 1. The Hall–Kier alpha value is -2.65. The molecule has 0 saturated heterocycles. The number of ether oxygens (including phenoxy) is 1. The molecule has 34 heavy (non-hydrogen) atoms. The molecule has 0 bridgehead atoms. The van der Waals surface area contributed by atoms with Gasteiger partial charge in [-0.25, -0.2) is 4.79 Å². The summed E-state index contributed by atoms with van der Waals surface area (Å²) in [4.78, 5) is 40.4. The van der Waals surface area contributed by atoms with Gasteiger partial charge in [0, 0.05) is 12.6 Å². The van der Waals surface area contributed by atoms with Crippen LogP contribution in [0.2, 0.25) is 0 Å². The minimum Gasteiger partial charge on any atom is -0.444 e. The number of aryl methyl sites for hydroxylation is 1. The predicted molar refractivity (Wildman–Crippen MR) is 128 cm³/mol. The van der Waals surface area contributed by atoms with Gasteiger partial charge < -0.3 is 30.5 Å². The summed E-state index contributed by atoms with van der Waals surface area (Å²) < 4.78 is 5.21. The average Bonchev–Trinajstić information content (AvgIpc) is 2.77. The normalized spacial score (nSPS) is 16.3. The first-order valence-corrected chi connectivity index (χ1v) is 11.9. The van der Waals surface area contributed by atoms with E-state index in [4.69, 9.17) is 4.74 Å². The van der Waals surface area contributed by atoms with Crippen LogP contribution in [0.1, 0.15) is 70.0 Å². The van der Waals surface area contributed by atoms with Crippen LogP contribution < -0.4 is 10.6 Å². The molecule has 3 amide bonds. The third-order valence-electron chi connectivity index (χ3n) is 5.70. The van der Waals surface area contributed by atoms with Crippen molar-refractivity contribution in [2.45, 2.75) is 83.5 Å². The number of aliphatic hydroxyl groups excluding tert-OH is 2. The molecule has 0 radical (unpaired) electrons. The van der Waals surface area contributed by atoms with Crippen LogP contribution in [0, 0.1) is 6.92 Å². The Balaban J connectivity index is 2.33. The molecule has 2 unspecified atom stereocenters. The number of hydrogen-bond acceptors (Lipinski definition) is 6. The fraction of sp³-hybridized carbons (Fsp3) is 0.640. The fourth-order valence-corrected chi connectivity index (χ4v) is 4.06. The molecule has 0 spiro atoms. The Labute approximate surface area is 201 Å². The quantitative estimate of drug-likeness (QED) is 0.432. The highest BCUT2D eigenvalue weighted by Crippen LogP contribution is 2.25. The molecule has 1 aromatic rings. The first-order valence-electron chi connectivity index (χ1n) is 11.9. The van der Waals surface area contributed by atoms with Gasteiger partial charge >= 0.3 is 6.09 Å². The lowest BCUT2D eigenvalue weighted by Crippen LogP contribution is -2.55. The highest BCUT2D eigenvalue weighted by atomic mass is 16.6. The largest absolute Gasteiger partial charge is 0.444 e. The van der Waals surface area contributed by atoms with Crippen molar-refractivity contribution in [2.24, 2.45) is 0 Å². The minimum atomic E-state index is -1.34. The third-order valence-corrected chi connectivity index (χ3v) is 5.70. The molecule has 190 valence electrons. The van der Waals surface area contributed by atoms with Crippen molar-refractivity contribution < 1.29 is 29.3 Å². The molecule has 0 aliphatic heterocycles. The summed E-state index contributed by atoms with van der Waals surface area (Å²) in [7, 11) is 0. The first kappa shape index (κ1) is 27.6. The second-order valence-electron chi connectivity index (χ2n) is 9.79. The molecule has 2 rings (SSSR count). The maximum absolute atomic E-state index is 13.5. The van der Waals surface area contributed by atoms with Gasteiger partial charge in [0.05, 0.1) is 13.2 Å². The molecule has 4 N–H and O–H groups in total. The molecule has 0 aromatic heterocycles. The summed E-state index contributed by atoms with van der Waals surface area (Å²) in [6, 6.07) is 4.89. The molecule has 1 saturated carbocycles. The van der Waals surface area contributed by atoms with Crippen LogP contribution in [-0.4, -0.2) is 70.5 Å². The number of nitrogens with zero attached hydrogens (tertiary/aromatic N) is 1. The van der Waals surface area contributed by atoms with Gasteiger partial charge in [0.1, 0.15) is 17.7 Å². The number of nitrogens with one attached hydrogen (secondary N) is 2. The molecule has 2 atom stereocenters. The van der Waals surface area contributed by atoms with Gasteiger partial charge in [0.25, 0.3) is 0 Å². The van der Waals surface area contributed by atoms with Crippen LogP contribution in [0.3, 0.4) is 0 Å². The highest BCUT2D eigenvalue weighted by Gasteiger charge is 2.36. The number of carbonyl (C=O) groups is 3. The van der Waals surface area contributed by atoms with Crippen molar-refractivity contribution in [1.29, 1.82) is 0 Å². The van der Waals surface area contributed by atoms with Crippen molar-refractivity contribution in [3.63, 3.8) is 0 Å². The lowest BCUT2D eigenvalue weighted by Gasteiger charge is -2.35. The molecule has 1 aliphatic rings. The zero-order valence-corrected chi connectivity index (χ0v) is 20.7. The molecule has 9 heteroatoms. The van der Waals surface area contributed by atoms with E-state index in [9.17, 15) is 24.6 Å². The van der Waals surface area contributed by atoms with E-state index in [0.29, 0.717) is 5.56 Å². The Bertz CT molecular complexity index is 815. The van der Waals surface area contributed by atoms with E-state index in [2.05, 4.69) is 10.6 Å². The van der Waals surface area contributed by atoms with E-state index < -0.39 is 42.9 Å². The number of benzene rings is 1. The third kappa shape index (κ3) is 8.29. The summed E-state index contributed by atoms with van der Waals surface area (Å²) >= 11 is 0. The van der Waals surface area contributed by atoms with E-state index >= 15 is 0 Å². The van der Waals surface area contributed by atoms with Crippen LogP contribution in [0.5, 0.6) is 0 Å². The monoisotopic (exact) mass is 477 g/mol. The van der Waals surface area contributed by atoms with Crippen LogP contribution in [0.25, 0.3) is 0 Å². The maximum Gasteiger partial charge on any atom is 0.408 e. The van der Waals surface area contributed by atoms with Gasteiger partial charge in [-0.3, -0.25) is 9.59 Å². The zero-order valence-electron chi connectivity index (χ0n) is 20.7. The first-order chi connectivity index (χ1) is 16.1. The Kier molecular flexibility index (Phi) is 10.3. The van der Waals surface area contributed by atoms with Crippen molar-refractivity contribution in [3.05, 3.63) is 35.4 Å². The van der Waals surface area contributed by atoms with E-state index in [1.54, 1.807) is 32.9 Å². The van der Waals surface area contributed by atoms with Gasteiger partial charge in [-0.15, -0.1) is 0 Å². The SMILES string of the molecule is Cc1ccc(C(C(=O)NC2CCCCC2)N(CCO)C(=O)C(CO)NC(=O)OC(C)(C)C)cc1. The number of carbonyl (C=O) groups excluding carboxylic acids is 3. The molecule has 1 aliphatic carbocycles. The van der Waals surface area contributed by atoms with Crippen molar-refractivity contribution in [3.8, 4) is 0 Å². The highest BCUT2D eigenvalue weighted by molar-refractivity contribution is 5.92.